The van der Waals surface area contributed by atoms with E-state index in [1.165, 1.54) is 38.5 Å². The SMILES string of the molecule is CCC/C=C\C[PH]1(/C=C/CCC)C=CCCC(CC)O1. The van der Waals surface area contributed by atoms with Gasteiger partial charge in [-0.3, -0.25) is 0 Å². The fraction of sp³-hybridized carbons (Fsp3) is 0.667. The normalized spacial score (nSPS) is 24.2. The Labute approximate surface area is 126 Å². The van der Waals surface area contributed by atoms with Gasteiger partial charge in [0, 0.05) is 0 Å². The van der Waals surface area contributed by atoms with Crippen LogP contribution in [0.2, 0.25) is 0 Å². The second-order valence-corrected chi connectivity index (χ2v) is 8.96. The molecule has 0 aliphatic carbocycles. The topological polar surface area (TPSA) is 9.23 Å². The number of unbranched alkanes of at least 4 members (excludes halogenated alkanes) is 2. The summed E-state index contributed by atoms with van der Waals surface area (Å²) < 4.78 is 6.59. The molecule has 1 unspecified atom stereocenters. The summed E-state index contributed by atoms with van der Waals surface area (Å²) in [5.41, 5.74) is 0. The number of hydrogen-bond acceptors (Lipinski definition) is 1. The molecule has 1 rings (SSSR count). The van der Waals surface area contributed by atoms with Gasteiger partial charge in [-0.2, -0.15) is 0 Å². The summed E-state index contributed by atoms with van der Waals surface area (Å²) in [6, 6.07) is 0. The molecule has 0 bridgehead atoms. The van der Waals surface area contributed by atoms with Crippen LogP contribution in [-0.2, 0) is 4.52 Å². The van der Waals surface area contributed by atoms with Crippen molar-refractivity contribution in [3.63, 3.8) is 0 Å². The van der Waals surface area contributed by atoms with Crippen LogP contribution in [0.3, 0.4) is 0 Å². The Morgan fingerprint density at radius 3 is 2.55 bits per heavy atom. The van der Waals surface area contributed by atoms with E-state index in [1.54, 1.807) is 0 Å². The number of hydrogen-bond donors (Lipinski definition) is 0. The van der Waals surface area contributed by atoms with Crippen molar-refractivity contribution in [1.82, 2.24) is 0 Å². The zero-order valence-electron chi connectivity index (χ0n) is 13.6. The van der Waals surface area contributed by atoms with Gasteiger partial charge in [-0.25, -0.2) is 0 Å². The van der Waals surface area contributed by atoms with Crippen molar-refractivity contribution < 1.29 is 4.52 Å². The Morgan fingerprint density at radius 2 is 1.85 bits per heavy atom. The van der Waals surface area contributed by atoms with Crippen molar-refractivity contribution >= 4 is 7.49 Å². The van der Waals surface area contributed by atoms with E-state index in [0.717, 1.165) is 12.6 Å². The molecular weight excluding hydrogens is 263 g/mol. The zero-order valence-corrected chi connectivity index (χ0v) is 14.6. The van der Waals surface area contributed by atoms with Crippen LogP contribution in [0.15, 0.2) is 35.9 Å². The summed E-state index contributed by atoms with van der Waals surface area (Å²) in [6.45, 7) is 6.71. The van der Waals surface area contributed by atoms with Gasteiger partial charge in [-0.1, -0.05) is 0 Å². The average molecular weight is 296 g/mol. The minimum atomic E-state index is -1.85. The van der Waals surface area contributed by atoms with Crippen LogP contribution >= 0.6 is 7.49 Å². The van der Waals surface area contributed by atoms with Crippen molar-refractivity contribution in [3.8, 4) is 0 Å². The molecule has 0 aromatic rings. The Morgan fingerprint density at radius 1 is 1.10 bits per heavy atom. The Hall–Kier alpha value is -0.390. The third-order valence-electron chi connectivity index (χ3n) is 3.81. The number of rotatable bonds is 8. The Balaban J connectivity index is 2.80. The van der Waals surface area contributed by atoms with Crippen LogP contribution in [-0.4, -0.2) is 12.3 Å². The van der Waals surface area contributed by atoms with Gasteiger partial charge in [0.1, 0.15) is 0 Å². The maximum absolute atomic E-state index is 6.59. The monoisotopic (exact) mass is 296 g/mol. The van der Waals surface area contributed by atoms with Gasteiger partial charge in [-0.15, -0.1) is 0 Å². The number of allylic oxidation sites excluding steroid dienone is 4. The Kier molecular flexibility index (Phi) is 9.14. The molecule has 0 radical (unpaired) electrons. The van der Waals surface area contributed by atoms with Crippen molar-refractivity contribution in [3.05, 3.63) is 35.9 Å². The summed E-state index contributed by atoms with van der Waals surface area (Å²) in [7, 11) is -1.85. The molecule has 1 aliphatic rings. The van der Waals surface area contributed by atoms with Gasteiger partial charge < -0.3 is 0 Å². The van der Waals surface area contributed by atoms with Crippen molar-refractivity contribution in [2.24, 2.45) is 0 Å². The first-order valence-corrected chi connectivity index (χ1v) is 10.7. The van der Waals surface area contributed by atoms with E-state index in [-0.39, 0.29) is 0 Å². The van der Waals surface area contributed by atoms with Gasteiger partial charge in [0.05, 0.1) is 0 Å². The summed E-state index contributed by atoms with van der Waals surface area (Å²) in [6.07, 6.45) is 19.2. The summed E-state index contributed by atoms with van der Waals surface area (Å²) in [5.74, 6) is 4.85. The fourth-order valence-electron chi connectivity index (χ4n) is 2.54. The summed E-state index contributed by atoms with van der Waals surface area (Å²) in [5, 5.41) is 0. The molecule has 0 amide bonds. The molecular formula is C18H33OP. The zero-order chi connectivity index (χ0) is 14.7. The molecule has 0 aromatic heterocycles. The second-order valence-electron chi connectivity index (χ2n) is 5.74. The van der Waals surface area contributed by atoms with Gasteiger partial charge >= 0.3 is 126 Å². The van der Waals surface area contributed by atoms with Crippen LogP contribution in [0.1, 0.15) is 65.7 Å². The van der Waals surface area contributed by atoms with E-state index < -0.39 is 7.49 Å². The molecule has 0 aromatic carbocycles. The van der Waals surface area contributed by atoms with Gasteiger partial charge in [-0.05, 0) is 0 Å². The molecule has 0 fully saturated rings. The third-order valence-corrected chi connectivity index (χ3v) is 7.06. The quantitative estimate of drug-likeness (QED) is 0.371. The van der Waals surface area contributed by atoms with Crippen LogP contribution < -0.4 is 0 Å². The van der Waals surface area contributed by atoms with Crippen molar-refractivity contribution in [2.45, 2.75) is 71.8 Å². The molecule has 1 nitrogen and oxygen atoms in total. The molecule has 2 heteroatoms. The van der Waals surface area contributed by atoms with E-state index in [4.69, 9.17) is 4.52 Å². The van der Waals surface area contributed by atoms with E-state index in [1.807, 2.05) is 0 Å². The van der Waals surface area contributed by atoms with Gasteiger partial charge in [0.25, 0.3) is 0 Å². The first kappa shape index (κ1) is 17.7. The summed E-state index contributed by atoms with van der Waals surface area (Å²) >= 11 is 0. The van der Waals surface area contributed by atoms with Gasteiger partial charge in [0.15, 0.2) is 0 Å². The molecule has 1 aliphatic heterocycles. The van der Waals surface area contributed by atoms with Crippen LogP contribution in [0.25, 0.3) is 0 Å². The van der Waals surface area contributed by atoms with Crippen LogP contribution in [0.5, 0.6) is 0 Å². The van der Waals surface area contributed by atoms with Crippen LogP contribution in [0, 0.1) is 0 Å². The predicted octanol–water partition coefficient (Wildman–Crippen LogP) is 6.42. The fourth-order valence-corrected chi connectivity index (χ4v) is 5.75. The molecule has 0 saturated carbocycles. The van der Waals surface area contributed by atoms with Gasteiger partial charge in [0.2, 0.25) is 0 Å². The van der Waals surface area contributed by atoms with E-state index in [0.29, 0.717) is 6.10 Å². The molecule has 20 heavy (non-hydrogen) atoms. The summed E-state index contributed by atoms with van der Waals surface area (Å²) in [4.78, 5) is 0. The average Bonchev–Trinajstić information content (AvgIpc) is 2.67. The van der Waals surface area contributed by atoms with E-state index in [2.05, 4.69) is 56.7 Å². The third kappa shape index (κ3) is 6.37. The maximum atomic E-state index is 6.59. The minimum absolute atomic E-state index is 0.447. The second kappa shape index (κ2) is 10.4. The first-order valence-electron chi connectivity index (χ1n) is 8.44. The van der Waals surface area contributed by atoms with E-state index >= 15 is 0 Å². The standard InChI is InChI=1S/C18H33OP/c1-4-7-9-12-16-20(15-11-8-5-2)17-13-10-14-18(6-3)19-20/h9,11-13,15,17-18,20H,4-8,10,14,16H2,1-3H3/b12-9-,15-11+. The molecule has 1 heterocycles. The van der Waals surface area contributed by atoms with E-state index in [9.17, 15) is 0 Å². The molecule has 0 N–H and O–H groups in total. The van der Waals surface area contributed by atoms with Crippen LogP contribution in [0.4, 0.5) is 0 Å². The molecule has 0 saturated heterocycles. The van der Waals surface area contributed by atoms with Crippen molar-refractivity contribution in [2.75, 3.05) is 6.16 Å². The predicted molar refractivity (Wildman–Crippen MR) is 94.8 cm³/mol. The van der Waals surface area contributed by atoms with Crippen molar-refractivity contribution in [1.29, 1.82) is 0 Å². The molecule has 116 valence electrons. The molecule has 1 atom stereocenters. The first-order chi connectivity index (χ1) is 9.76. The molecule has 0 spiro atoms. The Bertz CT molecular complexity index is 332.